The van der Waals surface area contributed by atoms with Crippen LogP contribution in [0, 0.1) is 0 Å². The molecule has 1 amide bonds. The van der Waals surface area contributed by atoms with Gasteiger partial charge in [-0.2, -0.15) is 10.2 Å². The van der Waals surface area contributed by atoms with Crippen molar-refractivity contribution < 1.29 is 14.7 Å². The number of aryl methyl sites for hydroxylation is 1. The molecule has 0 spiro atoms. The van der Waals surface area contributed by atoms with Gasteiger partial charge in [0.15, 0.2) is 0 Å². The van der Waals surface area contributed by atoms with Gasteiger partial charge in [-0.05, 0) is 35.4 Å². The third-order valence-corrected chi connectivity index (χ3v) is 4.98. The van der Waals surface area contributed by atoms with Crippen molar-refractivity contribution in [1.29, 1.82) is 0 Å². The number of nitrogens with two attached hydrogens (primary N) is 1. The van der Waals surface area contributed by atoms with Gasteiger partial charge in [-0.1, -0.05) is 12.1 Å². The van der Waals surface area contributed by atoms with Crippen LogP contribution in [-0.2, 0) is 20.1 Å². The lowest BCUT2D eigenvalue weighted by atomic mass is 10.1. The number of nitrogens with zero attached hydrogens (tertiary/aromatic N) is 5. The van der Waals surface area contributed by atoms with Crippen LogP contribution in [0.4, 0.5) is 5.69 Å². The fourth-order valence-corrected chi connectivity index (χ4v) is 3.36. The zero-order chi connectivity index (χ0) is 24.2. The summed E-state index contributed by atoms with van der Waals surface area (Å²) in [5, 5.41) is 21.9. The van der Waals surface area contributed by atoms with Gasteiger partial charge in [-0.15, -0.1) is 0 Å². The topological polar surface area (TPSA) is 161 Å². The predicted molar refractivity (Wildman–Crippen MR) is 121 cm³/mol. The van der Waals surface area contributed by atoms with Gasteiger partial charge in [0.05, 0.1) is 23.9 Å². The summed E-state index contributed by atoms with van der Waals surface area (Å²) in [4.78, 5) is 40.5. The quantitative estimate of drug-likeness (QED) is 0.396. The van der Waals surface area contributed by atoms with Gasteiger partial charge in [0.1, 0.15) is 5.69 Å². The van der Waals surface area contributed by atoms with Crippen molar-refractivity contribution in [3.05, 3.63) is 93.8 Å². The smallest absolute Gasteiger partial charge is 0.267 e. The van der Waals surface area contributed by atoms with Crippen LogP contribution in [0.3, 0.4) is 0 Å². The van der Waals surface area contributed by atoms with Crippen LogP contribution >= 0.6 is 0 Å². The summed E-state index contributed by atoms with van der Waals surface area (Å²) in [6, 6.07) is 11.5. The molecule has 0 atom stereocenters. The monoisotopic (exact) mass is 458 g/mol. The molecule has 3 heterocycles. The molecule has 0 saturated carbocycles. The Morgan fingerprint density at radius 3 is 2.68 bits per heavy atom. The van der Waals surface area contributed by atoms with Crippen molar-refractivity contribution >= 4 is 17.6 Å². The average molecular weight is 458 g/mol. The molecule has 0 aliphatic heterocycles. The molecule has 0 unspecified atom stereocenters. The number of carboxylic acids is 1. The zero-order valence-corrected chi connectivity index (χ0v) is 18.1. The number of benzene rings is 1. The highest BCUT2D eigenvalue weighted by Crippen LogP contribution is 2.17. The number of hydrogen-bond acceptors (Lipinski definition) is 8. The van der Waals surface area contributed by atoms with E-state index in [1.165, 1.54) is 28.7 Å². The van der Waals surface area contributed by atoms with E-state index >= 15 is 0 Å². The van der Waals surface area contributed by atoms with Gasteiger partial charge >= 0.3 is 0 Å². The number of carboxylic acid groups (broad SMARTS) is 1. The molecular weight excluding hydrogens is 438 g/mol. The Balaban J connectivity index is 1.57. The minimum absolute atomic E-state index is 0.0248. The summed E-state index contributed by atoms with van der Waals surface area (Å²) in [6.45, 7) is 0.452. The van der Waals surface area contributed by atoms with Crippen molar-refractivity contribution in [1.82, 2.24) is 24.5 Å². The van der Waals surface area contributed by atoms with E-state index in [1.54, 1.807) is 42.7 Å². The van der Waals surface area contributed by atoms with Crippen LogP contribution in [0.2, 0.25) is 0 Å². The molecule has 34 heavy (non-hydrogen) atoms. The van der Waals surface area contributed by atoms with Crippen LogP contribution in [-0.4, -0.2) is 36.4 Å². The van der Waals surface area contributed by atoms with Crippen LogP contribution in [0.5, 0.6) is 0 Å². The molecular formula is C23H20N7O4-. The van der Waals surface area contributed by atoms with Gasteiger partial charge < -0.3 is 21.0 Å². The number of anilines is 1. The van der Waals surface area contributed by atoms with E-state index in [0.29, 0.717) is 17.8 Å². The van der Waals surface area contributed by atoms with E-state index in [4.69, 9.17) is 5.73 Å². The largest absolute Gasteiger partial charge is 0.543 e. The molecule has 1 aromatic carbocycles. The van der Waals surface area contributed by atoms with E-state index in [1.807, 2.05) is 6.07 Å². The summed E-state index contributed by atoms with van der Waals surface area (Å²) in [6.07, 6.45) is 4.68. The highest BCUT2D eigenvalue weighted by atomic mass is 16.4. The van der Waals surface area contributed by atoms with Crippen molar-refractivity contribution in [2.45, 2.75) is 13.1 Å². The second kappa shape index (κ2) is 9.46. The first kappa shape index (κ1) is 22.6. The van der Waals surface area contributed by atoms with Crippen molar-refractivity contribution in [2.24, 2.45) is 12.8 Å². The van der Waals surface area contributed by atoms with E-state index in [-0.39, 0.29) is 29.0 Å². The first-order valence-corrected chi connectivity index (χ1v) is 10.2. The molecule has 0 bridgehead atoms. The number of aromatic carboxylic acids is 1. The van der Waals surface area contributed by atoms with Gasteiger partial charge in [-0.3, -0.25) is 19.3 Å². The maximum absolute atomic E-state index is 12.7. The Kier molecular flexibility index (Phi) is 6.28. The average Bonchev–Trinajstić information content (AvgIpc) is 3.21. The molecule has 3 aromatic heterocycles. The Hall–Kier alpha value is -4.64. The maximum atomic E-state index is 12.7. The number of aromatic nitrogens is 5. The molecule has 4 aromatic rings. The number of carbonyl (C=O) groups is 2. The number of rotatable bonds is 7. The third-order valence-electron chi connectivity index (χ3n) is 4.98. The van der Waals surface area contributed by atoms with Crippen LogP contribution in [0.15, 0.2) is 65.8 Å². The lowest BCUT2D eigenvalue weighted by molar-refractivity contribution is -0.255. The molecule has 0 radical (unpaired) electrons. The van der Waals surface area contributed by atoms with Crippen molar-refractivity contribution in [3.8, 4) is 11.3 Å². The number of carbonyl (C=O) groups excluding carboxylic acids is 2. The molecule has 0 saturated heterocycles. The van der Waals surface area contributed by atoms with Gasteiger partial charge in [0.25, 0.3) is 11.5 Å². The Labute approximate surface area is 193 Å². The summed E-state index contributed by atoms with van der Waals surface area (Å²) >= 11 is 0. The SMILES string of the molecule is Cn1cc(NC(=O)c2cccc(Cn3nc(-c4cncc(CN)c4)ccc3=O)c2)c(C(=O)[O-])n1. The van der Waals surface area contributed by atoms with Gasteiger partial charge in [0, 0.05) is 49.4 Å². The molecule has 3 N–H and O–H groups in total. The van der Waals surface area contributed by atoms with Gasteiger partial charge in [-0.25, -0.2) is 4.68 Å². The van der Waals surface area contributed by atoms with E-state index in [9.17, 15) is 19.5 Å². The van der Waals surface area contributed by atoms with Crippen LogP contribution in [0.25, 0.3) is 11.3 Å². The standard InChI is InChI=1S/C23H21N7O4/c1-29-13-19(21(28-29)23(33)34)26-22(32)16-4-2-3-14(7-16)12-30-20(31)6-5-18(27-30)17-8-15(9-24)10-25-11-17/h2-8,10-11,13H,9,12,24H2,1H3,(H,26,32)(H,33,34)/p-1. The first-order valence-electron chi connectivity index (χ1n) is 10.2. The predicted octanol–water partition coefficient (Wildman–Crippen LogP) is 0.162. The summed E-state index contributed by atoms with van der Waals surface area (Å²) in [5.41, 5.74) is 8.08. The molecule has 11 nitrogen and oxygen atoms in total. The fourth-order valence-electron chi connectivity index (χ4n) is 3.36. The highest BCUT2D eigenvalue weighted by Gasteiger charge is 2.14. The molecule has 172 valence electrons. The second-order valence-corrected chi connectivity index (χ2v) is 7.51. The van der Waals surface area contributed by atoms with Crippen molar-refractivity contribution in [3.63, 3.8) is 0 Å². The minimum atomic E-state index is -1.50. The fraction of sp³-hybridized carbons (Fsp3) is 0.130. The molecule has 0 aliphatic rings. The molecule has 4 rings (SSSR count). The number of pyridine rings is 1. The van der Waals surface area contributed by atoms with Gasteiger partial charge in [0.2, 0.25) is 0 Å². The Bertz CT molecular complexity index is 1440. The summed E-state index contributed by atoms with van der Waals surface area (Å²) in [7, 11) is 1.53. The maximum Gasteiger partial charge on any atom is 0.267 e. The van der Waals surface area contributed by atoms with Crippen LogP contribution in [0.1, 0.15) is 32.0 Å². The second-order valence-electron chi connectivity index (χ2n) is 7.51. The molecule has 0 aliphatic carbocycles. The molecule has 11 heteroatoms. The van der Waals surface area contributed by atoms with E-state index in [2.05, 4.69) is 20.5 Å². The lowest BCUT2D eigenvalue weighted by Crippen LogP contribution is -2.25. The van der Waals surface area contributed by atoms with E-state index in [0.717, 1.165) is 11.1 Å². The summed E-state index contributed by atoms with van der Waals surface area (Å²) in [5.74, 6) is -2.03. The van der Waals surface area contributed by atoms with Crippen molar-refractivity contribution in [2.75, 3.05) is 5.32 Å². The first-order chi connectivity index (χ1) is 16.3. The number of nitrogens with one attached hydrogen (secondary N) is 1. The number of amides is 1. The molecule has 0 fully saturated rings. The Morgan fingerprint density at radius 2 is 1.91 bits per heavy atom. The Morgan fingerprint density at radius 1 is 1.09 bits per heavy atom. The summed E-state index contributed by atoms with van der Waals surface area (Å²) < 4.78 is 2.55. The lowest BCUT2D eigenvalue weighted by Gasteiger charge is -2.10. The highest BCUT2D eigenvalue weighted by molar-refractivity contribution is 6.07. The minimum Gasteiger partial charge on any atom is -0.543 e. The normalized spacial score (nSPS) is 10.8. The third kappa shape index (κ3) is 4.89. The van der Waals surface area contributed by atoms with E-state index < -0.39 is 11.9 Å². The van der Waals surface area contributed by atoms with Crippen LogP contribution < -0.4 is 21.7 Å². The zero-order valence-electron chi connectivity index (χ0n) is 18.1. The number of hydrogen-bond donors (Lipinski definition) is 2.